The Morgan fingerprint density at radius 3 is 2.61 bits per heavy atom. The van der Waals surface area contributed by atoms with E-state index < -0.39 is 5.97 Å². The van der Waals surface area contributed by atoms with Gasteiger partial charge in [-0.2, -0.15) is 0 Å². The Bertz CT molecular complexity index is 424. The highest BCUT2D eigenvalue weighted by atomic mass is 16.4. The molecule has 1 rings (SSSR count). The average Bonchev–Trinajstić information content (AvgIpc) is 2.72. The summed E-state index contributed by atoms with van der Waals surface area (Å²) in [4.78, 5) is 22.7. The first-order chi connectivity index (χ1) is 8.45. The lowest BCUT2D eigenvalue weighted by Gasteiger charge is -2.21. The van der Waals surface area contributed by atoms with Crippen LogP contribution in [0.25, 0.3) is 0 Å². The molecule has 1 atom stereocenters. The van der Waals surface area contributed by atoms with Crippen molar-refractivity contribution in [3.8, 4) is 0 Å². The van der Waals surface area contributed by atoms with Crippen LogP contribution in [0.1, 0.15) is 37.7 Å². The number of carbonyl (C=O) groups excluding carboxylic acids is 1. The van der Waals surface area contributed by atoms with E-state index in [4.69, 9.17) is 5.11 Å². The van der Waals surface area contributed by atoms with Crippen molar-refractivity contribution in [2.45, 2.75) is 39.8 Å². The van der Waals surface area contributed by atoms with Crippen molar-refractivity contribution in [1.29, 1.82) is 0 Å². The number of aliphatic carboxylic acids is 1. The van der Waals surface area contributed by atoms with Gasteiger partial charge < -0.3 is 15.0 Å². The number of rotatable bonds is 6. The predicted molar refractivity (Wildman–Crippen MR) is 68.5 cm³/mol. The fraction of sp³-hybridized carbons (Fsp3) is 0.538. The third kappa shape index (κ3) is 3.61. The molecule has 0 saturated carbocycles. The van der Waals surface area contributed by atoms with Crippen molar-refractivity contribution >= 4 is 11.9 Å². The zero-order valence-corrected chi connectivity index (χ0v) is 11.0. The molecule has 2 N–H and O–H groups in total. The fourth-order valence-corrected chi connectivity index (χ4v) is 1.89. The minimum atomic E-state index is -0.962. The third-order valence-corrected chi connectivity index (χ3v) is 2.93. The highest BCUT2D eigenvalue weighted by Crippen LogP contribution is 2.08. The maximum Gasteiger partial charge on any atom is 0.323 e. The van der Waals surface area contributed by atoms with Gasteiger partial charge in [-0.1, -0.05) is 20.8 Å². The quantitative estimate of drug-likeness (QED) is 0.810. The molecule has 1 heterocycles. The normalized spacial score (nSPS) is 12.4. The lowest BCUT2D eigenvalue weighted by atomic mass is 10.0. The maximum absolute atomic E-state index is 12.1. The van der Waals surface area contributed by atoms with Crippen LogP contribution in [0, 0.1) is 5.92 Å². The predicted octanol–water partition coefficient (Wildman–Crippen LogP) is 1.74. The van der Waals surface area contributed by atoms with E-state index in [0.29, 0.717) is 11.6 Å². The number of amides is 1. The minimum Gasteiger partial charge on any atom is -0.480 e. The van der Waals surface area contributed by atoms with Gasteiger partial charge >= 0.3 is 5.97 Å². The summed E-state index contributed by atoms with van der Waals surface area (Å²) >= 11 is 0. The summed E-state index contributed by atoms with van der Waals surface area (Å²) in [5.74, 6) is -0.834. The summed E-state index contributed by atoms with van der Waals surface area (Å²) in [7, 11) is 0. The second-order valence-electron chi connectivity index (χ2n) is 4.65. The summed E-state index contributed by atoms with van der Waals surface area (Å²) in [6.45, 7) is 5.91. The van der Waals surface area contributed by atoms with E-state index in [9.17, 15) is 9.59 Å². The topological polar surface area (TPSA) is 71.3 Å². The van der Waals surface area contributed by atoms with Crippen molar-refractivity contribution in [1.82, 2.24) is 9.88 Å². The van der Waals surface area contributed by atoms with E-state index in [0.717, 1.165) is 6.42 Å². The monoisotopic (exact) mass is 252 g/mol. The van der Waals surface area contributed by atoms with Gasteiger partial charge in [0.25, 0.3) is 5.91 Å². The van der Waals surface area contributed by atoms with Gasteiger partial charge in [0.2, 0.25) is 0 Å². The van der Waals surface area contributed by atoms with E-state index in [1.54, 1.807) is 18.3 Å². The van der Waals surface area contributed by atoms with Crippen molar-refractivity contribution in [2.24, 2.45) is 5.92 Å². The summed E-state index contributed by atoms with van der Waals surface area (Å²) in [6.07, 6.45) is 2.45. The minimum absolute atomic E-state index is 0.102. The lowest BCUT2D eigenvalue weighted by molar-refractivity contribution is -0.137. The maximum atomic E-state index is 12.1. The van der Waals surface area contributed by atoms with Crippen LogP contribution in [0.4, 0.5) is 0 Å². The third-order valence-electron chi connectivity index (χ3n) is 2.93. The van der Waals surface area contributed by atoms with Gasteiger partial charge in [0.1, 0.15) is 12.2 Å². The van der Waals surface area contributed by atoms with Gasteiger partial charge in [-0.3, -0.25) is 9.59 Å². The number of carboxylic acid groups (broad SMARTS) is 1. The molecule has 5 heteroatoms. The standard InChI is InChI=1S/C13H20N2O3/c1-4-10(9(2)3)14-13(18)11-6-5-7-15(11)8-12(16)17/h5-7,9-10H,4,8H2,1-3H3,(H,14,18)(H,16,17). The van der Waals surface area contributed by atoms with Crippen molar-refractivity contribution < 1.29 is 14.7 Å². The van der Waals surface area contributed by atoms with E-state index in [2.05, 4.69) is 5.32 Å². The average molecular weight is 252 g/mol. The number of hydrogen-bond donors (Lipinski definition) is 2. The Labute approximate surface area is 107 Å². The van der Waals surface area contributed by atoms with E-state index >= 15 is 0 Å². The van der Waals surface area contributed by atoms with Crippen LogP contribution in [0.3, 0.4) is 0 Å². The molecule has 1 amide bonds. The molecule has 0 saturated heterocycles. The molecule has 0 aliphatic rings. The summed E-state index contributed by atoms with van der Waals surface area (Å²) in [6, 6.07) is 3.41. The van der Waals surface area contributed by atoms with E-state index in [1.807, 2.05) is 20.8 Å². The van der Waals surface area contributed by atoms with Crippen LogP contribution in [0.2, 0.25) is 0 Å². The molecule has 0 aromatic carbocycles. The number of aromatic nitrogens is 1. The van der Waals surface area contributed by atoms with Gasteiger partial charge in [0.15, 0.2) is 0 Å². The molecule has 1 unspecified atom stereocenters. The Hall–Kier alpha value is -1.78. The molecular formula is C13H20N2O3. The van der Waals surface area contributed by atoms with Gasteiger partial charge in [-0.05, 0) is 24.5 Å². The zero-order valence-electron chi connectivity index (χ0n) is 11.0. The van der Waals surface area contributed by atoms with E-state index in [1.165, 1.54) is 4.57 Å². The number of nitrogens with zero attached hydrogens (tertiary/aromatic N) is 1. The van der Waals surface area contributed by atoms with Gasteiger partial charge in [0, 0.05) is 12.2 Å². The first-order valence-corrected chi connectivity index (χ1v) is 6.13. The van der Waals surface area contributed by atoms with Gasteiger partial charge in [-0.25, -0.2) is 0 Å². The summed E-state index contributed by atoms with van der Waals surface area (Å²) < 4.78 is 1.44. The second kappa shape index (κ2) is 6.23. The van der Waals surface area contributed by atoms with Gasteiger partial charge in [-0.15, -0.1) is 0 Å². The van der Waals surface area contributed by atoms with Crippen molar-refractivity contribution in [2.75, 3.05) is 0 Å². The second-order valence-corrected chi connectivity index (χ2v) is 4.65. The number of nitrogens with one attached hydrogen (secondary N) is 1. The summed E-state index contributed by atoms with van der Waals surface area (Å²) in [5, 5.41) is 11.7. The molecule has 1 aromatic rings. The fourth-order valence-electron chi connectivity index (χ4n) is 1.89. The van der Waals surface area contributed by atoms with Crippen molar-refractivity contribution in [3.63, 3.8) is 0 Å². The molecule has 0 fully saturated rings. The highest BCUT2D eigenvalue weighted by molar-refractivity contribution is 5.93. The summed E-state index contributed by atoms with van der Waals surface area (Å²) in [5.41, 5.74) is 0.386. The molecule has 18 heavy (non-hydrogen) atoms. The molecule has 1 aromatic heterocycles. The Balaban J connectivity index is 2.78. The number of hydrogen-bond acceptors (Lipinski definition) is 2. The molecule has 0 bridgehead atoms. The van der Waals surface area contributed by atoms with E-state index in [-0.39, 0.29) is 18.5 Å². The Kier molecular flexibility index (Phi) is 4.95. The largest absolute Gasteiger partial charge is 0.480 e. The van der Waals surface area contributed by atoms with Crippen LogP contribution >= 0.6 is 0 Å². The van der Waals surface area contributed by atoms with Gasteiger partial charge in [0.05, 0.1) is 0 Å². The molecule has 0 aliphatic heterocycles. The van der Waals surface area contributed by atoms with Crippen LogP contribution in [0.15, 0.2) is 18.3 Å². The molecule has 5 nitrogen and oxygen atoms in total. The smallest absolute Gasteiger partial charge is 0.323 e. The molecule has 0 radical (unpaired) electrons. The first-order valence-electron chi connectivity index (χ1n) is 6.13. The molecule has 0 spiro atoms. The lowest BCUT2D eigenvalue weighted by Crippen LogP contribution is -2.39. The Morgan fingerprint density at radius 2 is 2.11 bits per heavy atom. The van der Waals surface area contributed by atoms with Crippen LogP contribution in [0.5, 0.6) is 0 Å². The highest BCUT2D eigenvalue weighted by Gasteiger charge is 2.18. The molecule has 0 aliphatic carbocycles. The SMILES string of the molecule is CCC(NC(=O)c1cccn1CC(=O)O)C(C)C. The van der Waals surface area contributed by atoms with Crippen molar-refractivity contribution in [3.05, 3.63) is 24.0 Å². The molecular weight excluding hydrogens is 232 g/mol. The Morgan fingerprint density at radius 1 is 1.44 bits per heavy atom. The number of carbonyl (C=O) groups is 2. The van der Waals surface area contributed by atoms with Crippen LogP contribution in [-0.2, 0) is 11.3 Å². The van der Waals surface area contributed by atoms with Crippen LogP contribution in [-0.4, -0.2) is 27.6 Å². The van der Waals surface area contributed by atoms with Crippen LogP contribution < -0.4 is 5.32 Å². The first kappa shape index (κ1) is 14.3. The zero-order chi connectivity index (χ0) is 13.7. The molecule has 100 valence electrons. The number of carboxylic acids is 1.